The number of benzene rings is 1. The summed E-state index contributed by atoms with van der Waals surface area (Å²) in [6.45, 7) is 8.15. The van der Waals surface area contributed by atoms with Crippen molar-refractivity contribution in [3.63, 3.8) is 0 Å². The molecule has 2 heterocycles. The van der Waals surface area contributed by atoms with E-state index in [1.54, 1.807) is 0 Å². The van der Waals surface area contributed by atoms with Gasteiger partial charge in [-0.2, -0.15) is 0 Å². The van der Waals surface area contributed by atoms with E-state index in [1.807, 2.05) is 36.1 Å². The summed E-state index contributed by atoms with van der Waals surface area (Å²) in [4.78, 5) is 33.1. The highest BCUT2D eigenvalue weighted by molar-refractivity contribution is 5.94. The molecule has 30 heavy (non-hydrogen) atoms. The van der Waals surface area contributed by atoms with Gasteiger partial charge < -0.3 is 9.80 Å². The first-order chi connectivity index (χ1) is 14.5. The number of piperidine rings is 1. The van der Waals surface area contributed by atoms with Gasteiger partial charge in [-0.25, -0.2) is 0 Å². The number of carbonyl (C=O) groups is 2. The maximum Gasteiger partial charge on any atom is 0.253 e. The van der Waals surface area contributed by atoms with Gasteiger partial charge in [0.2, 0.25) is 5.91 Å². The van der Waals surface area contributed by atoms with Gasteiger partial charge in [-0.05, 0) is 64.0 Å². The molecule has 164 valence electrons. The summed E-state index contributed by atoms with van der Waals surface area (Å²) in [5, 5.41) is 0. The molecule has 3 aliphatic rings. The maximum atomic E-state index is 13.7. The Morgan fingerprint density at radius 3 is 2.30 bits per heavy atom. The quantitative estimate of drug-likeness (QED) is 0.759. The van der Waals surface area contributed by atoms with Crippen molar-refractivity contribution in [3.05, 3.63) is 35.4 Å². The molecule has 2 aliphatic heterocycles. The standard InChI is InChI=1S/C25H37N3O2/c1-19-8-7-12-22(18-19)24(29)27-16-14-26(15-17-27)23(21-10-3-4-11-21)25(30)28-13-6-5-9-20(28)2/h7-8,12,18,20-21,23H,3-6,9-11,13-17H2,1-2H3/t20-,23+/m0/s1. The van der Waals surface area contributed by atoms with Crippen LogP contribution in [0.3, 0.4) is 0 Å². The van der Waals surface area contributed by atoms with Crippen molar-refractivity contribution in [2.45, 2.75) is 70.9 Å². The molecule has 1 aromatic carbocycles. The molecule has 2 atom stereocenters. The predicted molar refractivity (Wildman–Crippen MR) is 119 cm³/mol. The number of hydrogen-bond donors (Lipinski definition) is 0. The molecule has 1 aromatic rings. The molecule has 0 unspecified atom stereocenters. The zero-order valence-corrected chi connectivity index (χ0v) is 18.7. The number of carbonyl (C=O) groups excluding carboxylic acids is 2. The summed E-state index contributed by atoms with van der Waals surface area (Å²) >= 11 is 0. The number of nitrogens with zero attached hydrogens (tertiary/aromatic N) is 3. The Labute approximate surface area is 181 Å². The number of piperazine rings is 1. The molecule has 0 bridgehead atoms. The Balaban J connectivity index is 1.44. The van der Waals surface area contributed by atoms with Crippen LogP contribution in [-0.4, -0.2) is 71.3 Å². The highest BCUT2D eigenvalue weighted by Crippen LogP contribution is 2.33. The molecule has 0 aromatic heterocycles. The molecule has 3 fully saturated rings. The van der Waals surface area contributed by atoms with Crippen molar-refractivity contribution in [3.8, 4) is 0 Å². The van der Waals surface area contributed by atoms with Crippen LogP contribution in [0.1, 0.15) is 67.8 Å². The van der Waals surface area contributed by atoms with E-state index in [4.69, 9.17) is 0 Å². The Hall–Kier alpha value is -1.88. The summed E-state index contributed by atoms with van der Waals surface area (Å²) in [5.41, 5.74) is 1.89. The first kappa shape index (κ1) is 21.4. The second kappa shape index (κ2) is 9.51. The number of likely N-dealkylation sites (tertiary alicyclic amines) is 1. The van der Waals surface area contributed by atoms with Gasteiger partial charge in [0.15, 0.2) is 0 Å². The summed E-state index contributed by atoms with van der Waals surface area (Å²) in [7, 11) is 0. The fourth-order valence-corrected chi connectivity index (χ4v) is 5.69. The van der Waals surface area contributed by atoms with Crippen LogP contribution in [0.25, 0.3) is 0 Å². The molecule has 0 N–H and O–H groups in total. The SMILES string of the molecule is Cc1cccc(C(=O)N2CCN([C@@H](C(=O)N3CCCC[C@@H]3C)C3CCCC3)CC2)c1. The van der Waals surface area contributed by atoms with Crippen LogP contribution in [0.4, 0.5) is 0 Å². The molecule has 1 aliphatic carbocycles. The molecule has 5 heteroatoms. The van der Waals surface area contributed by atoms with Gasteiger partial charge in [-0.15, -0.1) is 0 Å². The fourth-order valence-electron chi connectivity index (χ4n) is 5.69. The van der Waals surface area contributed by atoms with Crippen LogP contribution in [0.2, 0.25) is 0 Å². The van der Waals surface area contributed by atoms with Gasteiger partial charge in [0, 0.05) is 44.3 Å². The molecule has 2 amide bonds. The molecular weight excluding hydrogens is 374 g/mol. The molecular formula is C25H37N3O2. The second-order valence-electron chi connectivity index (χ2n) is 9.56. The maximum absolute atomic E-state index is 13.7. The van der Waals surface area contributed by atoms with Crippen LogP contribution in [0.5, 0.6) is 0 Å². The highest BCUT2D eigenvalue weighted by atomic mass is 16.2. The van der Waals surface area contributed by atoms with Crippen molar-refractivity contribution < 1.29 is 9.59 Å². The van der Waals surface area contributed by atoms with Gasteiger partial charge in [-0.3, -0.25) is 14.5 Å². The lowest BCUT2D eigenvalue weighted by atomic mass is 9.92. The van der Waals surface area contributed by atoms with Crippen molar-refractivity contribution in [1.82, 2.24) is 14.7 Å². The Kier molecular flexibility index (Phi) is 6.77. The minimum Gasteiger partial charge on any atom is -0.339 e. The van der Waals surface area contributed by atoms with E-state index < -0.39 is 0 Å². The normalized spacial score (nSPS) is 24.8. The zero-order chi connectivity index (χ0) is 21.1. The second-order valence-corrected chi connectivity index (χ2v) is 9.56. The molecule has 4 rings (SSSR count). The van der Waals surface area contributed by atoms with Crippen molar-refractivity contribution in [2.75, 3.05) is 32.7 Å². The summed E-state index contributed by atoms with van der Waals surface area (Å²) in [6, 6.07) is 8.21. The molecule has 0 radical (unpaired) electrons. The van der Waals surface area contributed by atoms with Gasteiger partial charge >= 0.3 is 0 Å². The zero-order valence-electron chi connectivity index (χ0n) is 18.7. The first-order valence-electron chi connectivity index (χ1n) is 11.9. The van der Waals surface area contributed by atoms with Gasteiger partial charge in [0.25, 0.3) is 5.91 Å². The van der Waals surface area contributed by atoms with E-state index in [2.05, 4.69) is 16.7 Å². The average Bonchev–Trinajstić information content (AvgIpc) is 3.28. The summed E-state index contributed by atoms with van der Waals surface area (Å²) in [5.74, 6) is 0.949. The van der Waals surface area contributed by atoms with Crippen LogP contribution in [0, 0.1) is 12.8 Å². The van der Waals surface area contributed by atoms with Gasteiger partial charge in [0.05, 0.1) is 6.04 Å². The minimum absolute atomic E-state index is 0.00396. The third kappa shape index (κ3) is 4.56. The minimum atomic E-state index is 0.00396. The number of aryl methyl sites for hydroxylation is 1. The van der Waals surface area contributed by atoms with E-state index in [0.29, 0.717) is 31.0 Å². The highest BCUT2D eigenvalue weighted by Gasteiger charge is 2.40. The monoisotopic (exact) mass is 411 g/mol. The molecule has 2 saturated heterocycles. The van der Waals surface area contributed by atoms with E-state index in [-0.39, 0.29) is 11.9 Å². The van der Waals surface area contributed by atoms with Crippen LogP contribution >= 0.6 is 0 Å². The lowest BCUT2D eigenvalue weighted by Crippen LogP contribution is -2.60. The Bertz CT molecular complexity index is 751. The van der Waals surface area contributed by atoms with Crippen molar-refractivity contribution in [2.24, 2.45) is 5.92 Å². The third-order valence-electron chi connectivity index (χ3n) is 7.45. The van der Waals surface area contributed by atoms with Crippen molar-refractivity contribution in [1.29, 1.82) is 0 Å². The van der Waals surface area contributed by atoms with Gasteiger partial charge in [-0.1, -0.05) is 30.5 Å². The average molecular weight is 412 g/mol. The van der Waals surface area contributed by atoms with Crippen molar-refractivity contribution >= 4 is 11.8 Å². The van der Waals surface area contributed by atoms with E-state index in [0.717, 1.165) is 43.6 Å². The summed E-state index contributed by atoms with van der Waals surface area (Å²) < 4.78 is 0. The smallest absolute Gasteiger partial charge is 0.253 e. The lowest BCUT2D eigenvalue weighted by Gasteiger charge is -2.44. The lowest BCUT2D eigenvalue weighted by molar-refractivity contribution is -0.143. The summed E-state index contributed by atoms with van der Waals surface area (Å²) in [6.07, 6.45) is 8.32. The molecule has 5 nitrogen and oxygen atoms in total. The topological polar surface area (TPSA) is 43.9 Å². The number of hydrogen-bond acceptors (Lipinski definition) is 3. The molecule has 1 saturated carbocycles. The van der Waals surface area contributed by atoms with E-state index in [9.17, 15) is 9.59 Å². The van der Waals surface area contributed by atoms with Crippen LogP contribution in [-0.2, 0) is 4.79 Å². The predicted octanol–water partition coefficient (Wildman–Crippen LogP) is 3.71. The number of rotatable bonds is 4. The van der Waals surface area contributed by atoms with Crippen LogP contribution < -0.4 is 0 Å². The largest absolute Gasteiger partial charge is 0.339 e. The van der Waals surface area contributed by atoms with Gasteiger partial charge in [0.1, 0.15) is 0 Å². The molecule has 0 spiro atoms. The van der Waals surface area contributed by atoms with Crippen LogP contribution in [0.15, 0.2) is 24.3 Å². The number of amides is 2. The van der Waals surface area contributed by atoms with E-state index >= 15 is 0 Å². The fraction of sp³-hybridized carbons (Fsp3) is 0.680. The third-order valence-corrected chi connectivity index (χ3v) is 7.45. The Morgan fingerprint density at radius 2 is 1.63 bits per heavy atom. The van der Waals surface area contributed by atoms with E-state index in [1.165, 1.54) is 32.1 Å². The first-order valence-corrected chi connectivity index (χ1v) is 11.9. The Morgan fingerprint density at radius 1 is 0.933 bits per heavy atom.